The minimum atomic E-state index is -0.391. The minimum absolute atomic E-state index is 0.391. The molecule has 1 N–H and O–H groups in total. The van der Waals surface area contributed by atoms with Crippen LogP contribution < -0.4 is 4.90 Å². The van der Waals surface area contributed by atoms with Gasteiger partial charge in [0.1, 0.15) is 0 Å². The van der Waals surface area contributed by atoms with E-state index in [2.05, 4.69) is 18.0 Å². The summed E-state index contributed by atoms with van der Waals surface area (Å²) in [7, 11) is 2.14. The van der Waals surface area contributed by atoms with E-state index in [0.717, 1.165) is 18.0 Å². The summed E-state index contributed by atoms with van der Waals surface area (Å²) in [5.41, 5.74) is 2.21. The average molecular weight is 233 g/mol. The van der Waals surface area contributed by atoms with Gasteiger partial charge in [0.25, 0.3) is 0 Å². The molecule has 1 saturated carbocycles. The number of rotatable bonds is 4. The van der Waals surface area contributed by atoms with Gasteiger partial charge in [0.05, 0.1) is 6.10 Å². The van der Waals surface area contributed by atoms with Crippen molar-refractivity contribution < 1.29 is 5.11 Å². The van der Waals surface area contributed by atoms with Crippen LogP contribution in [0.5, 0.6) is 0 Å². The summed E-state index contributed by atoms with van der Waals surface area (Å²) in [5, 5.41) is 9.79. The Morgan fingerprint density at radius 2 is 1.94 bits per heavy atom. The molecule has 1 aromatic carbocycles. The Kier molecular flexibility index (Phi) is 4.06. The quantitative estimate of drug-likeness (QED) is 0.862. The highest BCUT2D eigenvalue weighted by Gasteiger charge is 2.18. The van der Waals surface area contributed by atoms with Crippen LogP contribution in [0.15, 0.2) is 24.3 Å². The monoisotopic (exact) mass is 233 g/mol. The van der Waals surface area contributed by atoms with Crippen molar-refractivity contribution in [2.45, 2.75) is 38.7 Å². The second-order valence-electron chi connectivity index (χ2n) is 5.27. The lowest BCUT2D eigenvalue weighted by Gasteiger charge is -2.26. The first-order valence-corrected chi connectivity index (χ1v) is 6.66. The smallest absolute Gasteiger partial charge is 0.0781 e. The molecule has 2 rings (SSSR count). The van der Waals surface area contributed by atoms with E-state index in [4.69, 9.17) is 0 Å². The topological polar surface area (TPSA) is 23.5 Å². The molecule has 1 aliphatic carbocycles. The number of benzene rings is 1. The molecule has 0 amide bonds. The predicted molar refractivity (Wildman–Crippen MR) is 72.3 cm³/mol. The third kappa shape index (κ3) is 3.01. The number of nitrogens with zero attached hydrogens (tertiary/aromatic N) is 1. The zero-order chi connectivity index (χ0) is 12.3. The Morgan fingerprint density at radius 1 is 1.29 bits per heavy atom. The van der Waals surface area contributed by atoms with E-state index in [0.29, 0.717) is 0 Å². The van der Waals surface area contributed by atoms with Gasteiger partial charge in [-0.05, 0) is 31.7 Å². The van der Waals surface area contributed by atoms with Crippen molar-refractivity contribution in [1.82, 2.24) is 0 Å². The summed E-state index contributed by atoms with van der Waals surface area (Å²) in [5.74, 6) is 0.835. The fraction of sp³-hybridized carbons (Fsp3) is 0.600. The Morgan fingerprint density at radius 3 is 2.59 bits per heavy atom. The first-order valence-electron chi connectivity index (χ1n) is 6.66. The van der Waals surface area contributed by atoms with E-state index in [1.54, 1.807) is 0 Å². The number of aliphatic hydroxyl groups excluding tert-OH is 1. The second kappa shape index (κ2) is 5.54. The standard InChI is InChI=1S/C15H23NO/c1-12(17)14-9-5-6-10-15(14)16(2)11-13-7-3-4-8-13/h5-6,9-10,12-13,17H,3-4,7-8,11H2,1-2H3/t12-/m1/s1. The molecule has 1 atom stereocenters. The SMILES string of the molecule is C[C@@H](O)c1ccccc1N(C)CC1CCCC1. The van der Waals surface area contributed by atoms with Gasteiger partial charge in [-0.2, -0.15) is 0 Å². The van der Waals surface area contributed by atoms with Crippen molar-refractivity contribution >= 4 is 5.69 Å². The maximum atomic E-state index is 9.79. The third-order valence-corrected chi connectivity index (χ3v) is 3.80. The van der Waals surface area contributed by atoms with Crippen LogP contribution in [0.4, 0.5) is 5.69 Å². The fourth-order valence-corrected chi connectivity index (χ4v) is 2.87. The summed E-state index contributed by atoms with van der Waals surface area (Å²) in [6.45, 7) is 2.95. The molecule has 0 aromatic heterocycles. The van der Waals surface area contributed by atoms with Crippen LogP contribution in [0, 0.1) is 5.92 Å². The van der Waals surface area contributed by atoms with E-state index in [9.17, 15) is 5.11 Å². The molecular weight excluding hydrogens is 210 g/mol. The van der Waals surface area contributed by atoms with Gasteiger partial charge in [0.2, 0.25) is 0 Å². The first kappa shape index (κ1) is 12.4. The maximum Gasteiger partial charge on any atom is 0.0781 e. The maximum absolute atomic E-state index is 9.79. The average Bonchev–Trinajstić information content (AvgIpc) is 2.81. The molecule has 0 spiro atoms. The number of para-hydroxylation sites is 1. The minimum Gasteiger partial charge on any atom is -0.389 e. The lowest BCUT2D eigenvalue weighted by Crippen LogP contribution is -2.25. The molecule has 2 nitrogen and oxygen atoms in total. The lowest BCUT2D eigenvalue weighted by molar-refractivity contribution is 0.199. The molecule has 0 bridgehead atoms. The van der Waals surface area contributed by atoms with E-state index in [-0.39, 0.29) is 0 Å². The van der Waals surface area contributed by atoms with E-state index >= 15 is 0 Å². The van der Waals surface area contributed by atoms with Crippen LogP contribution in [-0.4, -0.2) is 18.7 Å². The van der Waals surface area contributed by atoms with Crippen LogP contribution in [0.1, 0.15) is 44.3 Å². The van der Waals surface area contributed by atoms with E-state index < -0.39 is 6.10 Å². The highest BCUT2D eigenvalue weighted by atomic mass is 16.3. The molecule has 1 aliphatic rings. The van der Waals surface area contributed by atoms with Gasteiger partial charge in [0, 0.05) is 24.8 Å². The van der Waals surface area contributed by atoms with Crippen LogP contribution in [-0.2, 0) is 0 Å². The highest BCUT2D eigenvalue weighted by molar-refractivity contribution is 5.53. The molecule has 2 heteroatoms. The van der Waals surface area contributed by atoms with Crippen LogP contribution >= 0.6 is 0 Å². The zero-order valence-electron chi connectivity index (χ0n) is 10.9. The van der Waals surface area contributed by atoms with Gasteiger partial charge in [-0.15, -0.1) is 0 Å². The molecule has 0 aliphatic heterocycles. The number of hydrogen-bond donors (Lipinski definition) is 1. The van der Waals surface area contributed by atoms with Crippen LogP contribution in [0.2, 0.25) is 0 Å². The molecule has 0 unspecified atom stereocenters. The number of aliphatic hydroxyl groups is 1. The van der Waals surface area contributed by atoms with Crippen LogP contribution in [0.3, 0.4) is 0 Å². The van der Waals surface area contributed by atoms with Crippen molar-refractivity contribution in [3.63, 3.8) is 0 Å². The number of anilines is 1. The van der Waals surface area contributed by atoms with E-state index in [1.807, 2.05) is 25.1 Å². The summed E-state index contributed by atoms with van der Waals surface area (Å²) in [6.07, 6.45) is 5.10. The van der Waals surface area contributed by atoms with Crippen molar-refractivity contribution in [2.24, 2.45) is 5.92 Å². The van der Waals surface area contributed by atoms with Gasteiger partial charge < -0.3 is 10.0 Å². The van der Waals surface area contributed by atoms with Gasteiger partial charge in [-0.1, -0.05) is 31.0 Å². The van der Waals surface area contributed by atoms with Crippen molar-refractivity contribution in [3.05, 3.63) is 29.8 Å². The summed E-state index contributed by atoms with van der Waals surface area (Å²) in [4.78, 5) is 2.30. The van der Waals surface area contributed by atoms with Crippen molar-refractivity contribution in [1.29, 1.82) is 0 Å². The third-order valence-electron chi connectivity index (χ3n) is 3.80. The normalized spacial score (nSPS) is 18.3. The fourth-order valence-electron chi connectivity index (χ4n) is 2.87. The first-order chi connectivity index (χ1) is 8.18. The lowest BCUT2D eigenvalue weighted by atomic mass is 10.0. The van der Waals surface area contributed by atoms with Gasteiger partial charge in [0.15, 0.2) is 0 Å². The second-order valence-corrected chi connectivity index (χ2v) is 5.27. The molecule has 94 valence electrons. The van der Waals surface area contributed by atoms with Crippen LogP contribution in [0.25, 0.3) is 0 Å². The molecule has 0 radical (unpaired) electrons. The van der Waals surface area contributed by atoms with Crippen molar-refractivity contribution in [2.75, 3.05) is 18.5 Å². The Balaban J connectivity index is 2.09. The number of hydrogen-bond acceptors (Lipinski definition) is 2. The van der Waals surface area contributed by atoms with Gasteiger partial charge >= 0.3 is 0 Å². The molecule has 0 saturated heterocycles. The Bertz CT molecular complexity index is 356. The summed E-state index contributed by atoms with van der Waals surface area (Å²) < 4.78 is 0. The van der Waals surface area contributed by atoms with Crippen molar-refractivity contribution in [3.8, 4) is 0 Å². The Hall–Kier alpha value is -1.02. The molecular formula is C15H23NO. The summed E-state index contributed by atoms with van der Waals surface area (Å²) in [6, 6.07) is 8.17. The molecule has 0 heterocycles. The largest absolute Gasteiger partial charge is 0.389 e. The van der Waals surface area contributed by atoms with E-state index in [1.165, 1.54) is 31.4 Å². The zero-order valence-corrected chi connectivity index (χ0v) is 10.9. The predicted octanol–water partition coefficient (Wildman–Crippen LogP) is 3.37. The van der Waals surface area contributed by atoms with Gasteiger partial charge in [-0.25, -0.2) is 0 Å². The highest BCUT2D eigenvalue weighted by Crippen LogP contribution is 2.30. The van der Waals surface area contributed by atoms with Gasteiger partial charge in [-0.3, -0.25) is 0 Å². The molecule has 1 aromatic rings. The molecule has 1 fully saturated rings. The summed E-state index contributed by atoms with van der Waals surface area (Å²) >= 11 is 0. The molecule has 17 heavy (non-hydrogen) atoms. The Labute approximate surface area is 104 Å².